The standard InChI is InChI=1S/C24H30FN5O/c1-31-23-7-3-2-6-22(23)30-13-11-29(12-14-30)19-5-4-10-28(16-19)17-24-26-20-9-8-18(25)15-21(20)27-24/h2-3,6-9,15,19H,4-5,10-14,16-17H2,1H3,(H,26,27). The lowest BCUT2D eigenvalue weighted by molar-refractivity contribution is 0.0875. The van der Waals surface area contributed by atoms with Crippen molar-refractivity contribution in [2.24, 2.45) is 0 Å². The van der Waals surface area contributed by atoms with Gasteiger partial charge in [-0.15, -0.1) is 0 Å². The lowest BCUT2D eigenvalue weighted by atomic mass is 10.0. The van der Waals surface area contributed by atoms with Crippen LogP contribution in [-0.4, -0.2) is 72.2 Å². The Bertz CT molecular complexity index is 1030. The van der Waals surface area contributed by atoms with Gasteiger partial charge >= 0.3 is 0 Å². The Hall–Kier alpha value is -2.64. The van der Waals surface area contributed by atoms with Crippen molar-refractivity contribution in [3.63, 3.8) is 0 Å². The Morgan fingerprint density at radius 2 is 1.94 bits per heavy atom. The van der Waals surface area contributed by atoms with Crippen LogP contribution in [-0.2, 0) is 6.54 Å². The first-order valence-corrected chi connectivity index (χ1v) is 11.2. The summed E-state index contributed by atoms with van der Waals surface area (Å²) in [6.07, 6.45) is 2.45. The van der Waals surface area contributed by atoms with Crippen LogP contribution >= 0.6 is 0 Å². The van der Waals surface area contributed by atoms with E-state index in [4.69, 9.17) is 4.74 Å². The summed E-state index contributed by atoms with van der Waals surface area (Å²) in [4.78, 5) is 15.5. The molecular weight excluding hydrogens is 393 g/mol. The van der Waals surface area contributed by atoms with Crippen LogP contribution in [0, 0.1) is 5.82 Å². The van der Waals surface area contributed by atoms with Crippen LogP contribution < -0.4 is 9.64 Å². The number of hydrogen-bond donors (Lipinski definition) is 1. The summed E-state index contributed by atoms with van der Waals surface area (Å²) in [6, 6.07) is 13.6. The van der Waals surface area contributed by atoms with Crippen molar-refractivity contribution in [3.05, 3.63) is 54.1 Å². The second kappa shape index (κ2) is 8.85. The largest absolute Gasteiger partial charge is 0.495 e. The summed E-state index contributed by atoms with van der Waals surface area (Å²) in [5.74, 6) is 1.64. The van der Waals surface area contributed by atoms with Crippen molar-refractivity contribution in [3.8, 4) is 5.75 Å². The number of nitrogens with one attached hydrogen (secondary N) is 1. The van der Waals surface area contributed by atoms with Crippen molar-refractivity contribution < 1.29 is 9.13 Å². The number of anilines is 1. The number of ether oxygens (including phenoxy) is 1. The van der Waals surface area contributed by atoms with Gasteiger partial charge in [-0.3, -0.25) is 9.80 Å². The zero-order chi connectivity index (χ0) is 21.2. The fourth-order valence-electron chi connectivity index (χ4n) is 5.01. The molecule has 3 aromatic rings. The number of H-pyrrole nitrogens is 1. The fourth-order valence-corrected chi connectivity index (χ4v) is 5.01. The molecule has 0 bridgehead atoms. The number of methoxy groups -OCH3 is 1. The van der Waals surface area contributed by atoms with E-state index < -0.39 is 0 Å². The molecule has 1 N–H and O–H groups in total. The molecule has 5 rings (SSSR count). The van der Waals surface area contributed by atoms with Crippen molar-refractivity contribution in [1.82, 2.24) is 19.8 Å². The molecule has 0 aliphatic carbocycles. The van der Waals surface area contributed by atoms with Gasteiger partial charge in [0.15, 0.2) is 0 Å². The van der Waals surface area contributed by atoms with Crippen LogP contribution in [0.1, 0.15) is 18.7 Å². The van der Waals surface area contributed by atoms with E-state index in [0.29, 0.717) is 6.04 Å². The van der Waals surface area contributed by atoms with Gasteiger partial charge in [-0.2, -0.15) is 0 Å². The topological polar surface area (TPSA) is 47.6 Å². The number of nitrogens with zero attached hydrogens (tertiary/aromatic N) is 4. The minimum Gasteiger partial charge on any atom is -0.495 e. The highest BCUT2D eigenvalue weighted by atomic mass is 19.1. The maximum atomic E-state index is 13.5. The minimum atomic E-state index is -0.229. The van der Waals surface area contributed by atoms with E-state index in [1.807, 2.05) is 12.1 Å². The number of aromatic amines is 1. The van der Waals surface area contributed by atoms with Crippen LogP contribution in [0.3, 0.4) is 0 Å². The average molecular weight is 424 g/mol. The first kappa shape index (κ1) is 20.3. The van der Waals surface area contributed by atoms with Gasteiger partial charge in [-0.1, -0.05) is 12.1 Å². The number of hydrogen-bond acceptors (Lipinski definition) is 5. The minimum absolute atomic E-state index is 0.229. The molecule has 7 heteroatoms. The Labute approximate surface area is 182 Å². The molecular formula is C24H30FN5O. The first-order chi connectivity index (χ1) is 15.2. The number of benzene rings is 2. The van der Waals surface area contributed by atoms with Crippen LogP contribution in [0.5, 0.6) is 5.75 Å². The number of halogens is 1. The quantitative estimate of drug-likeness (QED) is 0.681. The van der Waals surface area contributed by atoms with Crippen LogP contribution in [0.15, 0.2) is 42.5 Å². The van der Waals surface area contributed by atoms with E-state index >= 15 is 0 Å². The number of para-hydroxylation sites is 2. The van der Waals surface area contributed by atoms with Gasteiger partial charge in [0.05, 0.1) is 30.4 Å². The molecule has 2 fully saturated rings. The van der Waals surface area contributed by atoms with Crippen molar-refractivity contribution in [2.45, 2.75) is 25.4 Å². The number of piperidine rings is 1. The third-order valence-electron chi connectivity index (χ3n) is 6.60. The number of likely N-dealkylation sites (tertiary alicyclic amines) is 1. The van der Waals surface area contributed by atoms with Crippen molar-refractivity contribution in [2.75, 3.05) is 51.3 Å². The van der Waals surface area contributed by atoms with E-state index in [1.165, 1.54) is 30.7 Å². The van der Waals surface area contributed by atoms with Crippen LogP contribution in [0.25, 0.3) is 11.0 Å². The number of imidazole rings is 1. The molecule has 2 aromatic carbocycles. The fraction of sp³-hybridized carbons (Fsp3) is 0.458. The van der Waals surface area contributed by atoms with E-state index in [1.54, 1.807) is 13.2 Å². The second-order valence-corrected chi connectivity index (χ2v) is 8.57. The highest BCUT2D eigenvalue weighted by molar-refractivity contribution is 5.74. The Balaban J connectivity index is 1.19. The normalized spacial score (nSPS) is 21.0. The molecule has 2 aliphatic heterocycles. The van der Waals surface area contributed by atoms with Crippen molar-refractivity contribution in [1.29, 1.82) is 0 Å². The third-order valence-corrected chi connectivity index (χ3v) is 6.60. The maximum absolute atomic E-state index is 13.5. The Morgan fingerprint density at radius 3 is 2.77 bits per heavy atom. The zero-order valence-corrected chi connectivity index (χ0v) is 18.1. The molecule has 31 heavy (non-hydrogen) atoms. The van der Waals surface area contributed by atoms with Crippen molar-refractivity contribution >= 4 is 16.7 Å². The molecule has 1 atom stereocenters. The lowest BCUT2D eigenvalue weighted by Crippen LogP contribution is -2.55. The van der Waals surface area contributed by atoms with Gasteiger partial charge in [-0.25, -0.2) is 9.37 Å². The monoisotopic (exact) mass is 423 g/mol. The molecule has 0 spiro atoms. The number of rotatable bonds is 5. The summed E-state index contributed by atoms with van der Waals surface area (Å²) in [7, 11) is 1.74. The third kappa shape index (κ3) is 4.38. The summed E-state index contributed by atoms with van der Waals surface area (Å²) in [5.41, 5.74) is 2.80. The molecule has 1 unspecified atom stereocenters. The Morgan fingerprint density at radius 1 is 1.10 bits per heavy atom. The van der Waals surface area contributed by atoms with Gasteiger partial charge in [0.2, 0.25) is 0 Å². The molecule has 0 saturated carbocycles. The Kier molecular flexibility index (Phi) is 5.78. The highest BCUT2D eigenvalue weighted by Gasteiger charge is 2.29. The summed E-state index contributed by atoms with van der Waals surface area (Å²) < 4.78 is 19.0. The second-order valence-electron chi connectivity index (χ2n) is 8.57. The van der Waals surface area contributed by atoms with Gasteiger partial charge < -0.3 is 14.6 Å². The number of aromatic nitrogens is 2. The zero-order valence-electron chi connectivity index (χ0n) is 18.1. The summed E-state index contributed by atoms with van der Waals surface area (Å²) >= 11 is 0. The molecule has 164 valence electrons. The van der Waals surface area contributed by atoms with Gasteiger partial charge in [0, 0.05) is 38.8 Å². The predicted octanol–water partition coefficient (Wildman–Crippen LogP) is 3.50. The highest BCUT2D eigenvalue weighted by Crippen LogP contribution is 2.29. The van der Waals surface area contributed by atoms with E-state index in [-0.39, 0.29) is 5.82 Å². The van der Waals surface area contributed by atoms with E-state index in [9.17, 15) is 4.39 Å². The smallest absolute Gasteiger partial charge is 0.142 e. The number of piperazine rings is 1. The molecule has 6 nitrogen and oxygen atoms in total. The maximum Gasteiger partial charge on any atom is 0.142 e. The molecule has 2 saturated heterocycles. The van der Waals surface area contributed by atoms with Crippen LogP contribution in [0.4, 0.5) is 10.1 Å². The van der Waals surface area contributed by atoms with Gasteiger partial charge in [0.1, 0.15) is 17.4 Å². The molecule has 2 aliphatic rings. The molecule has 0 amide bonds. The van der Waals surface area contributed by atoms with E-state index in [0.717, 1.165) is 68.4 Å². The van der Waals surface area contributed by atoms with E-state index in [2.05, 4.69) is 36.8 Å². The van der Waals surface area contributed by atoms with Crippen LogP contribution in [0.2, 0.25) is 0 Å². The predicted molar refractivity (Wildman–Crippen MR) is 121 cm³/mol. The molecule has 0 radical (unpaired) electrons. The molecule has 1 aromatic heterocycles. The first-order valence-electron chi connectivity index (χ1n) is 11.2. The number of fused-ring (bicyclic) bond motifs is 1. The summed E-state index contributed by atoms with van der Waals surface area (Å²) in [6.45, 7) is 7.11. The summed E-state index contributed by atoms with van der Waals surface area (Å²) in [5, 5.41) is 0. The molecule has 3 heterocycles. The lowest BCUT2D eigenvalue weighted by Gasteiger charge is -2.44. The SMILES string of the molecule is COc1ccccc1N1CCN(C2CCCN(Cc3nc4ccc(F)cc4[nH]3)C2)CC1. The van der Waals surface area contributed by atoms with Gasteiger partial charge in [-0.05, 0) is 49.7 Å². The average Bonchev–Trinajstić information content (AvgIpc) is 3.20. The van der Waals surface area contributed by atoms with Gasteiger partial charge in [0.25, 0.3) is 0 Å².